The molecule has 3 heterocycles. The van der Waals surface area contributed by atoms with Crippen LogP contribution < -0.4 is 19.3 Å². The average molecular weight is 662 g/mol. The van der Waals surface area contributed by atoms with Gasteiger partial charge < -0.3 is 19.3 Å². The molecule has 7 nitrogen and oxygen atoms in total. The zero-order valence-electron chi connectivity index (χ0n) is 27.6. The van der Waals surface area contributed by atoms with Gasteiger partial charge in [-0.1, -0.05) is 60.7 Å². The second-order valence-electron chi connectivity index (χ2n) is 12.6. The van der Waals surface area contributed by atoms with Crippen molar-refractivity contribution in [3.05, 3.63) is 175 Å². The highest BCUT2D eigenvalue weighted by Crippen LogP contribution is 2.50. The second-order valence-corrected chi connectivity index (χ2v) is 12.6. The molecule has 7 heteroatoms. The SMILES string of the molecule is C1=CC2=C(CC1)N(c1ccc(-c3nnc(-c4ccc(N5c6ccccc6Oc6ccccc65)cc4)n3-c3ccccc3)cc1)c1ccccc1O2. The molecule has 244 valence electrons. The molecule has 0 bridgehead atoms. The van der Waals surface area contributed by atoms with Gasteiger partial charge in [0.25, 0.3) is 0 Å². The van der Waals surface area contributed by atoms with Crippen molar-refractivity contribution in [3.63, 3.8) is 0 Å². The van der Waals surface area contributed by atoms with Gasteiger partial charge in [0.15, 0.2) is 28.9 Å². The lowest BCUT2D eigenvalue weighted by Gasteiger charge is -2.35. The van der Waals surface area contributed by atoms with Gasteiger partial charge in [0.1, 0.15) is 5.76 Å². The number of aromatic nitrogens is 3. The fraction of sp³-hybridized carbons (Fsp3) is 0.0455. The molecule has 7 aromatic rings. The topological polar surface area (TPSA) is 55.7 Å². The van der Waals surface area contributed by atoms with Crippen LogP contribution >= 0.6 is 0 Å². The third-order valence-electron chi connectivity index (χ3n) is 9.57. The summed E-state index contributed by atoms with van der Waals surface area (Å²) in [4.78, 5) is 4.56. The van der Waals surface area contributed by atoms with Crippen LogP contribution in [0.4, 0.5) is 28.4 Å². The van der Waals surface area contributed by atoms with Crippen LogP contribution in [0.25, 0.3) is 28.5 Å². The summed E-state index contributed by atoms with van der Waals surface area (Å²) in [5.74, 6) is 4.95. The molecule has 0 atom stereocenters. The van der Waals surface area contributed by atoms with E-state index in [1.807, 2.05) is 66.7 Å². The van der Waals surface area contributed by atoms with E-state index in [0.717, 1.165) is 92.7 Å². The van der Waals surface area contributed by atoms with E-state index < -0.39 is 0 Å². The van der Waals surface area contributed by atoms with Gasteiger partial charge in [0.05, 0.1) is 22.8 Å². The molecule has 51 heavy (non-hydrogen) atoms. The van der Waals surface area contributed by atoms with Gasteiger partial charge in [-0.05, 0) is 116 Å². The van der Waals surface area contributed by atoms with Crippen molar-refractivity contribution in [2.45, 2.75) is 12.8 Å². The molecule has 1 aromatic heterocycles. The Bertz CT molecular complexity index is 2440. The van der Waals surface area contributed by atoms with Crippen molar-refractivity contribution in [2.24, 2.45) is 0 Å². The molecule has 0 N–H and O–H groups in total. The average Bonchev–Trinajstić information content (AvgIpc) is 3.65. The van der Waals surface area contributed by atoms with Crippen LogP contribution in [-0.2, 0) is 0 Å². The maximum Gasteiger partial charge on any atom is 0.168 e. The van der Waals surface area contributed by atoms with Gasteiger partial charge in [-0.15, -0.1) is 10.2 Å². The minimum atomic E-state index is 0.764. The van der Waals surface area contributed by atoms with Crippen LogP contribution in [0, 0.1) is 0 Å². The standard InChI is InChI=1S/C44H31N5O2/c1-2-12-32(13-3-1)49-43(30-22-26-33(27-23-30)47-35-14-4-8-18-39(35)50-40-19-9-5-15-36(40)47)45-46-44(49)31-24-28-34(29-25-31)48-37-16-6-10-20-41(37)51-42-21-11-7-17-38(42)48/h1-6,8-16,18-29H,7,17H2. The van der Waals surface area contributed by atoms with Crippen LogP contribution in [0.2, 0.25) is 0 Å². The van der Waals surface area contributed by atoms with Crippen LogP contribution in [0.3, 0.4) is 0 Å². The molecule has 10 rings (SSSR count). The zero-order valence-corrected chi connectivity index (χ0v) is 27.6. The van der Waals surface area contributed by atoms with E-state index >= 15 is 0 Å². The highest BCUT2D eigenvalue weighted by atomic mass is 16.5. The molecule has 0 spiro atoms. The largest absolute Gasteiger partial charge is 0.453 e. The van der Waals surface area contributed by atoms with E-state index in [1.54, 1.807) is 0 Å². The minimum Gasteiger partial charge on any atom is -0.453 e. The lowest BCUT2D eigenvalue weighted by atomic mass is 10.0. The first kappa shape index (κ1) is 29.1. The Kier molecular flexibility index (Phi) is 6.80. The van der Waals surface area contributed by atoms with Crippen molar-refractivity contribution in [1.82, 2.24) is 14.8 Å². The van der Waals surface area contributed by atoms with E-state index in [2.05, 4.69) is 111 Å². The third-order valence-corrected chi connectivity index (χ3v) is 9.57. The monoisotopic (exact) mass is 661 g/mol. The molecule has 2 aliphatic heterocycles. The predicted octanol–water partition coefficient (Wildman–Crippen LogP) is 11.3. The highest BCUT2D eigenvalue weighted by Gasteiger charge is 2.29. The molecule has 0 saturated carbocycles. The number of benzene rings is 6. The van der Waals surface area contributed by atoms with Crippen molar-refractivity contribution in [2.75, 3.05) is 9.80 Å². The second kappa shape index (κ2) is 11.9. The van der Waals surface area contributed by atoms with Gasteiger partial charge in [-0.25, -0.2) is 0 Å². The fourth-order valence-electron chi connectivity index (χ4n) is 7.21. The van der Waals surface area contributed by atoms with E-state index in [-0.39, 0.29) is 0 Å². The number of hydrogen-bond donors (Lipinski definition) is 0. The lowest BCUT2D eigenvalue weighted by Crippen LogP contribution is -2.25. The Hall–Kier alpha value is -6.86. The number of nitrogens with zero attached hydrogens (tertiary/aromatic N) is 5. The van der Waals surface area contributed by atoms with Crippen molar-refractivity contribution in [3.8, 4) is 45.7 Å². The summed E-state index contributed by atoms with van der Waals surface area (Å²) in [5, 5.41) is 9.58. The summed E-state index contributed by atoms with van der Waals surface area (Å²) in [6.07, 6.45) is 6.16. The summed E-state index contributed by atoms with van der Waals surface area (Å²) < 4.78 is 14.7. The van der Waals surface area contributed by atoms with Crippen LogP contribution in [-0.4, -0.2) is 14.8 Å². The summed E-state index contributed by atoms with van der Waals surface area (Å²) >= 11 is 0. The van der Waals surface area contributed by atoms with Gasteiger partial charge in [-0.2, -0.15) is 0 Å². The maximum atomic E-state index is 6.28. The number of allylic oxidation sites excluding steroid dienone is 3. The lowest BCUT2D eigenvalue weighted by molar-refractivity contribution is 0.421. The van der Waals surface area contributed by atoms with Crippen molar-refractivity contribution >= 4 is 28.4 Å². The quantitative estimate of drug-likeness (QED) is 0.183. The predicted molar refractivity (Wildman–Crippen MR) is 202 cm³/mol. The summed E-state index contributed by atoms with van der Waals surface area (Å²) in [6.45, 7) is 0. The van der Waals surface area contributed by atoms with Gasteiger partial charge in [-0.3, -0.25) is 4.57 Å². The van der Waals surface area contributed by atoms with E-state index in [9.17, 15) is 0 Å². The Balaban J connectivity index is 1.03. The first-order valence-electron chi connectivity index (χ1n) is 17.1. The minimum absolute atomic E-state index is 0.764. The maximum absolute atomic E-state index is 6.28. The number of rotatable bonds is 5. The molecule has 0 saturated heterocycles. The Labute approximate surface area is 295 Å². The fourth-order valence-corrected chi connectivity index (χ4v) is 7.21. The van der Waals surface area contributed by atoms with E-state index in [0.29, 0.717) is 0 Å². The third kappa shape index (κ3) is 4.89. The molecule has 0 radical (unpaired) electrons. The number of fused-ring (bicyclic) bond motifs is 3. The Morgan fingerprint density at radius 2 is 0.941 bits per heavy atom. The number of para-hydroxylation sites is 7. The van der Waals surface area contributed by atoms with E-state index in [4.69, 9.17) is 19.7 Å². The number of hydrogen-bond acceptors (Lipinski definition) is 6. The number of anilines is 5. The van der Waals surface area contributed by atoms with Crippen molar-refractivity contribution < 1.29 is 9.47 Å². The molecule has 0 unspecified atom stereocenters. The Morgan fingerprint density at radius 1 is 0.451 bits per heavy atom. The van der Waals surface area contributed by atoms with Crippen molar-refractivity contribution in [1.29, 1.82) is 0 Å². The van der Waals surface area contributed by atoms with Gasteiger partial charge in [0.2, 0.25) is 0 Å². The molecular formula is C44H31N5O2. The van der Waals surface area contributed by atoms with Crippen LogP contribution in [0.1, 0.15) is 12.8 Å². The molecule has 6 aromatic carbocycles. The molecule has 3 aliphatic rings. The molecule has 0 fully saturated rings. The van der Waals surface area contributed by atoms with Crippen LogP contribution in [0.15, 0.2) is 175 Å². The Morgan fingerprint density at radius 3 is 1.53 bits per heavy atom. The summed E-state index contributed by atoms with van der Waals surface area (Å²) in [6, 6.07) is 51.9. The van der Waals surface area contributed by atoms with Gasteiger partial charge >= 0.3 is 0 Å². The first-order valence-corrected chi connectivity index (χ1v) is 17.1. The molecule has 1 aliphatic carbocycles. The first-order chi connectivity index (χ1) is 25.3. The number of ether oxygens (including phenoxy) is 2. The molecule has 0 amide bonds. The van der Waals surface area contributed by atoms with Crippen LogP contribution in [0.5, 0.6) is 17.2 Å². The normalized spacial score (nSPS) is 14.2. The summed E-state index contributed by atoms with van der Waals surface area (Å²) in [7, 11) is 0. The smallest absolute Gasteiger partial charge is 0.168 e. The molecular weight excluding hydrogens is 631 g/mol. The summed E-state index contributed by atoms with van der Waals surface area (Å²) in [5.41, 5.74) is 9.23. The van der Waals surface area contributed by atoms with E-state index in [1.165, 1.54) is 5.70 Å². The zero-order chi connectivity index (χ0) is 33.7. The highest BCUT2D eigenvalue weighted by molar-refractivity contribution is 5.87. The van der Waals surface area contributed by atoms with Gasteiger partial charge in [0, 0.05) is 28.2 Å².